The molecule has 1 heterocycles. The third-order valence-electron chi connectivity index (χ3n) is 4.56. The molecule has 2 fully saturated rings. The van der Waals surface area contributed by atoms with Gasteiger partial charge in [-0.1, -0.05) is 20.8 Å². The first-order chi connectivity index (χ1) is 10.1. The molecule has 0 radical (unpaired) electrons. The van der Waals surface area contributed by atoms with Crippen molar-refractivity contribution in [3.63, 3.8) is 0 Å². The largest absolute Gasteiger partial charge is 0.370 e. The number of rotatable bonds is 6. The first-order valence-corrected chi connectivity index (χ1v) is 8.45. The van der Waals surface area contributed by atoms with Crippen LogP contribution in [-0.4, -0.2) is 22.6 Å². The topological polar surface area (TPSA) is 49.8 Å². The molecule has 2 aliphatic rings. The van der Waals surface area contributed by atoms with Crippen molar-refractivity contribution in [3.8, 4) is 0 Å². The number of hydrogen-bond acceptors (Lipinski definition) is 4. The first-order valence-electron chi connectivity index (χ1n) is 8.45. The number of anilines is 2. The van der Waals surface area contributed by atoms with Gasteiger partial charge in [0, 0.05) is 24.6 Å². The fraction of sp³-hybridized carbons (Fsp3) is 0.765. The average Bonchev–Trinajstić information content (AvgIpc) is 3.22. The number of aromatic nitrogens is 2. The Bertz CT molecular complexity index is 494. The minimum atomic E-state index is 0.466. The normalized spacial score (nSPS) is 24.0. The lowest BCUT2D eigenvalue weighted by atomic mass is 9.92. The van der Waals surface area contributed by atoms with E-state index in [0.29, 0.717) is 17.4 Å². The van der Waals surface area contributed by atoms with Crippen LogP contribution in [0.1, 0.15) is 71.0 Å². The molecule has 0 aromatic carbocycles. The van der Waals surface area contributed by atoms with E-state index in [9.17, 15) is 0 Å². The van der Waals surface area contributed by atoms with Gasteiger partial charge in [0.1, 0.15) is 17.5 Å². The molecule has 0 spiro atoms. The molecule has 2 saturated carbocycles. The van der Waals surface area contributed by atoms with Crippen LogP contribution in [0.3, 0.4) is 0 Å². The summed E-state index contributed by atoms with van der Waals surface area (Å²) in [6, 6.07) is 2.63. The summed E-state index contributed by atoms with van der Waals surface area (Å²) in [4.78, 5) is 9.43. The van der Waals surface area contributed by atoms with E-state index in [1.807, 2.05) is 0 Å². The lowest BCUT2D eigenvalue weighted by Crippen LogP contribution is -2.19. The van der Waals surface area contributed by atoms with Crippen LogP contribution in [0.5, 0.6) is 0 Å². The maximum atomic E-state index is 4.75. The molecule has 116 valence electrons. The predicted octanol–water partition coefficient (Wildman–Crippen LogP) is 4.17. The van der Waals surface area contributed by atoms with E-state index in [2.05, 4.69) is 42.5 Å². The Labute approximate surface area is 128 Å². The molecule has 1 aromatic rings. The Kier molecular flexibility index (Phi) is 4.05. The van der Waals surface area contributed by atoms with Crippen molar-refractivity contribution in [2.45, 2.75) is 71.3 Å². The zero-order chi connectivity index (χ0) is 14.9. The first kappa shape index (κ1) is 14.6. The lowest BCUT2D eigenvalue weighted by Gasteiger charge is -2.19. The molecule has 2 N–H and O–H groups in total. The molecule has 0 aliphatic heterocycles. The number of hydrogen-bond donors (Lipinski definition) is 2. The molecule has 1 aromatic heterocycles. The molecule has 2 aliphatic carbocycles. The van der Waals surface area contributed by atoms with E-state index < -0.39 is 0 Å². The molecule has 3 rings (SSSR count). The predicted molar refractivity (Wildman–Crippen MR) is 87.8 cm³/mol. The molecule has 1 unspecified atom stereocenters. The van der Waals surface area contributed by atoms with Crippen molar-refractivity contribution in [3.05, 3.63) is 11.9 Å². The Morgan fingerprint density at radius 2 is 1.95 bits per heavy atom. The van der Waals surface area contributed by atoms with Gasteiger partial charge in [0.15, 0.2) is 0 Å². The third-order valence-corrected chi connectivity index (χ3v) is 4.56. The van der Waals surface area contributed by atoms with Crippen LogP contribution in [0.4, 0.5) is 11.6 Å². The summed E-state index contributed by atoms with van der Waals surface area (Å²) >= 11 is 0. The van der Waals surface area contributed by atoms with E-state index in [0.717, 1.165) is 30.4 Å². The maximum absolute atomic E-state index is 4.75. The zero-order valence-corrected chi connectivity index (χ0v) is 13.6. The Morgan fingerprint density at radius 3 is 2.57 bits per heavy atom. The minimum absolute atomic E-state index is 0.466. The number of nitrogens with one attached hydrogen (secondary N) is 2. The highest BCUT2D eigenvalue weighted by Gasteiger charge is 2.32. The van der Waals surface area contributed by atoms with Crippen LogP contribution < -0.4 is 10.6 Å². The lowest BCUT2D eigenvalue weighted by molar-refractivity contribution is 0.378. The highest BCUT2D eigenvalue weighted by molar-refractivity contribution is 5.49. The fourth-order valence-corrected chi connectivity index (χ4v) is 3.18. The third kappa shape index (κ3) is 3.86. The summed E-state index contributed by atoms with van der Waals surface area (Å²) in [5.41, 5.74) is 0.466. The van der Waals surface area contributed by atoms with Crippen molar-refractivity contribution >= 4 is 11.6 Å². The molecule has 0 bridgehead atoms. The monoisotopic (exact) mass is 288 g/mol. The van der Waals surface area contributed by atoms with E-state index in [1.165, 1.54) is 32.1 Å². The summed E-state index contributed by atoms with van der Waals surface area (Å²) in [7, 11) is 0. The molecule has 1 atom stereocenters. The van der Waals surface area contributed by atoms with Crippen LogP contribution in [-0.2, 0) is 0 Å². The second-order valence-corrected chi connectivity index (χ2v) is 7.45. The van der Waals surface area contributed by atoms with E-state index in [-0.39, 0.29) is 0 Å². The van der Waals surface area contributed by atoms with Gasteiger partial charge in [0.05, 0.1) is 0 Å². The molecule has 21 heavy (non-hydrogen) atoms. The summed E-state index contributed by atoms with van der Waals surface area (Å²) in [6.45, 7) is 7.86. The molecule has 4 heteroatoms. The van der Waals surface area contributed by atoms with E-state index >= 15 is 0 Å². The highest BCUT2D eigenvalue weighted by Crippen LogP contribution is 2.40. The SMILES string of the molecule is CCCNc1cc(NC2CCC(C)(C)C2)nc(C2CC2)n1. The van der Waals surface area contributed by atoms with Gasteiger partial charge in [0.25, 0.3) is 0 Å². The van der Waals surface area contributed by atoms with Crippen molar-refractivity contribution in [1.29, 1.82) is 0 Å². The second-order valence-electron chi connectivity index (χ2n) is 7.45. The maximum Gasteiger partial charge on any atom is 0.136 e. The van der Waals surface area contributed by atoms with Crippen molar-refractivity contribution in [2.75, 3.05) is 17.2 Å². The standard InChI is InChI=1S/C17H28N4/c1-4-9-18-14-10-15(21-16(20-14)12-5-6-12)19-13-7-8-17(2,3)11-13/h10,12-13H,4-9,11H2,1-3H3,(H2,18,19,20,21). The van der Waals surface area contributed by atoms with Gasteiger partial charge in [-0.2, -0.15) is 0 Å². The van der Waals surface area contributed by atoms with Crippen LogP contribution in [0.2, 0.25) is 0 Å². The number of nitrogens with zero attached hydrogens (tertiary/aromatic N) is 2. The Hall–Kier alpha value is -1.32. The van der Waals surface area contributed by atoms with Gasteiger partial charge in [-0.3, -0.25) is 0 Å². The van der Waals surface area contributed by atoms with E-state index in [4.69, 9.17) is 4.98 Å². The summed E-state index contributed by atoms with van der Waals surface area (Å²) in [6.07, 6.45) is 7.37. The molecular weight excluding hydrogens is 260 g/mol. The van der Waals surface area contributed by atoms with Crippen LogP contribution in [0, 0.1) is 5.41 Å². The van der Waals surface area contributed by atoms with E-state index in [1.54, 1.807) is 0 Å². The summed E-state index contributed by atoms with van der Waals surface area (Å²) < 4.78 is 0. The van der Waals surface area contributed by atoms with Crippen molar-refractivity contribution in [1.82, 2.24) is 9.97 Å². The smallest absolute Gasteiger partial charge is 0.136 e. The molecular formula is C17H28N4. The fourth-order valence-electron chi connectivity index (χ4n) is 3.18. The van der Waals surface area contributed by atoms with Crippen molar-refractivity contribution < 1.29 is 0 Å². The summed E-state index contributed by atoms with van der Waals surface area (Å²) in [5.74, 6) is 3.60. The van der Waals surface area contributed by atoms with Crippen LogP contribution in [0.25, 0.3) is 0 Å². The van der Waals surface area contributed by atoms with Crippen LogP contribution in [0.15, 0.2) is 6.07 Å². The van der Waals surface area contributed by atoms with Gasteiger partial charge in [-0.15, -0.1) is 0 Å². The van der Waals surface area contributed by atoms with Crippen molar-refractivity contribution in [2.24, 2.45) is 5.41 Å². The molecule has 0 amide bonds. The minimum Gasteiger partial charge on any atom is -0.370 e. The molecule has 4 nitrogen and oxygen atoms in total. The van der Waals surface area contributed by atoms with Gasteiger partial charge < -0.3 is 10.6 Å². The zero-order valence-electron chi connectivity index (χ0n) is 13.6. The Morgan fingerprint density at radius 1 is 1.19 bits per heavy atom. The quantitative estimate of drug-likeness (QED) is 0.825. The summed E-state index contributed by atoms with van der Waals surface area (Å²) in [5, 5.41) is 7.05. The Balaban J connectivity index is 1.72. The van der Waals surface area contributed by atoms with Gasteiger partial charge in [-0.05, 0) is 43.9 Å². The second kappa shape index (κ2) is 5.82. The van der Waals surface area contributed by atoms with Gasteiger partial charge >= 0.3 is 0 Å². The average molecular weight is 288 g/mol. The van der Waals surface area contributed by atoms with Crippen LogP contribution >= 0.6 is 0 Å². The molecule has 0 saturated heterocycles. The van der Waals surface area contributed by atoms with Gasteiger partial charge in [0.2, 0.25) is 0 Å². The van der Waals surface area contributed by atoms with Gasteiger partial charge in [-0.25, -0.2) is 9.97 Å². The highest BCUT2D eigenvalue weighted by atomic mass is 15.1.